The Morgan fingerprint density at radius 1 is 1.40 bits per heavy atom. The molecule has 15 heavy (non-hydrogen) atoms. The van der Waals surface area contributed by atoms with Crippen molar-refractivity contribution in [2.45, 2.75) is 32.7 Å². The van der Waals surface area contributed by atoms with Gasteiger partial charge in [0.1, 0.15) is 0 Å². The van der Waals surface area contributed by atoms with Crippen LogP contribution in [-0.2, 0) is 6.42 Å². The van der Waals surface area contributed by atoms with Gasteiger partial charge in [0.2, 0.25) is 0 Å². The van der Waals surface area contributed by atoms with E-state index in [0.717, 1.165) is 17.3 Å². The number of hydrogen-bond donors (Lipinski definition) is 2. The normalized spacial score (nSPS) is 13.1. The summed E-state index contributed by atoms with van der Waals surface area (Å²) in [5.74, 6) is 6.21. The first-order valence-corrected chi connectivity index (χ1v) is 6.11. The second-order valence-corrected chi connectivity index (χ2v) is 5.24. The first-order valence-electron chi connectivity index (χ1n) is 5.32. The second kappa shape index (κ2) is 6.26. The number of nitrogens with two attached hydrogens (primary N) is 1. The fraction of sp³-hybridized carbons (Fsp3) is 0.500. The van der Waals surface area contributed by atoms with Crippen LogP contribution in [0.15, 0.2) is 28.7 Å². The van der Waals surface area contributed by atoms with Gasteiger partial charge < -0.3 is 0 Å². The predicted octanol–water partition coefficient (Wildman–Crippen LogP) is 2.87. The van der Waals surface area contributed by atoms with E-state index in [1.54, 1.807) is 0 Å². The highest BCUT2D eigenvalue weighted by Gasteiger charge is 2.09. The van der Waals surface area contributed by atoms with E-state index in [1.807, 2.05) is 6.07 Å². The summed E-state index contributed by atoms with van der Waals surface area (Å²) in [4.78, 5) is 0. The largest absolute Gasteiger partial charge is 0.271 e. The number of halogens is 1. The molecule has 3 heteroatoms. The quantitative estimate of drug-likeness (QED) is 0.638. The molecule has 1 aromatic rings. The summed E-state index contributed by atoms with van der Waals surface area (Å²) in [5.41, 5.74) is 4.20. The summed E-state index contributed by atoms with van der Waals surface area (Å²) in [7, 11) is 0. The first kappa shape index (κ1) is 12.7. The Bertz CT molecular complexity index is 299. The van der Waals surface area contributed by atoms with E-state index < -0.39 is 0 Å². The van der Waals surface area contributed by atoms with Crippen molar-refractivity contribution in [3.63, 3.8) is 0 Å². The lowest BCUT2D eigenvalue weighted by atomic mass is 9.98. The van der Waals surface area contributed by atoms with Gasteiger partial charge in [-0.15, -0.1) is 0 Å². The minimum atomic E-state index is 0.360. The molecular weight excluding hydrogens is 252 g/mol. The van der Waals surface area contributed by atoms with Gasteiger partial charge >= 0.3 is 0 Å². The fourth-order valence-corrected chi connectivity index (χ4v) is 2.17. The topological polar surface area (TPSA) is 38.0 Å². The first-order chi connectivity index (χ1) is 7.11. The molecule has 84 valence electrons. The Morgan fingerprint density at radius 2 is 2.13 bits per heavy atom. The van der Waals surface area contributed by atoms with Crippen molar-refractivity contribution in [1.82, 2.24) is 5.43 Å². The van der Waals surface area contributed by atoms with Gasteiger partial charge in [0.15, 0.2) is 0 Å². The Kier molecular flexibility index (Phi) is 5.29. The molecule has 0 fully saturated rings. The van der Waals surface area contributed by atoms with Crippen molar-refractivity contribution in [2.24, 2.45) is 11.8 Å². The molecule has 0 spiro atoms. The summed E-state index contributed by atoms with van der Waals surface area (Å²) in [6.45, 7) is 4.43. The smallest absolute Gasteiger partial charge is 0.0253 e. The molecule has 1 aromatic carbocycles. The Balaban J connectivity index is 2.58. The summed E-state index contributed by atoms with van der Waals surface area (Å²) >= 11 is 3.47. The van der Waals surface area contributed by atoms with Gasteiger partial charge in [-0.3, -0.25) is 11.3 Å². The van der Waals surface area contributed by atoms with E-state index in [9.17, 15) is 0 Å². The van der Waals surface area contributed by atoms with E-state index >= 15 is 0 Å². The van der Waals surface area contributed by atoms with E-state index in [4.69, 9.17) is 5.84 Å². The number of hydrogen-bond acceptors (Lipinski definition) is 2. The van der Waals surface area contributed by atoms with Gasteiger partial charge in [0.05, 0.1) is 0 Å². The molecule has 0 aromatic heterocycles. The molecule has 0 aliphatic rings. The molecule has 0 saturated heterocycles. The van der Waals surface area contributed by atoms with Crippen LogP contribution in [0.5, 0.6) is 0 Å². The average molecular weight is 271 g/mol. The molecule has 1 unspecified atom stereocenters. The van der Waals surface area contributed by atoms with Crippen LogP contribution in [0.1, 0.15) is 25.8 Å². The minimum absolute atomic E-state index is 0.360. The number of benzene rings is 1. The lowest BCUT2D eigenvalue weighted by molar-refractivity contribution is 0.423. The monoisotopic (exact) mass is 270 g/mol. The van der Waals surface area contributed by atoms with E-state index in [0.29, 0.717) is 12.0 Å². The molecule has 1 rings (SSSR count). The van der Waals surface area contributed by atoms with Crippen molar-refractivity contribution >= 4 is 15.9 Å². The van der Waals surface area contributed by atoms with Crippen molar-refractivity contribution < 1.29 is 0 Å². The van der Waals surface area contributed by atoms with Crippen LogP contribution in [0.25, 0.3) is 0 Å². The molecule has 2 nitrogen and oxygen atoms in total. The molecule has 1 atom stereocenters. The zero-order valence-corrected chi connectivity index (χ0v) is 10.9. The maximum absolute atomic E-state index is 5.55. The highest BCUT2D eigenvalue weighted by molar-refractivity contribution is 9.10. The van der Waals surface area contributed by atoms with Gasteiger partial charge in [-0.2, -0.15) is 0 Å². The van der Waals surface area contributed by atoms with Gasteiger partial charge in [-0.25, -0.2) is 0 Å². The summed E-state index contributed by atoms with van der Waals surface area (Å²) in [6.07, 6.45) is 2.08. The summed E-state index contributed by atoms with van der Waals surface area (Å²) < 4.78 is 1.13. The van der Waals surface area contributed by atoms with Crippen molar-refractivity contribution in [1.29, 1.82) is 0 Å². The highest BCUT2D eigenvalue weighted by atomic mass is 79.9. The van der Waals surface area contributed by atoms with Gasteiger partial charge in [0, 0.05) is 10.5 Å². The maximum Gasteiger partial charge on any atom is 0.0253 e. The van der Waals surface area contributed by atoms with Gasteiger partial charge in [-0.05, 0) is 36.5 Å². The van der Waals surface area contributed by atoms with Crippen LogP contribution in [0, 0.1) is 5.92 Å². The van der Waals surface area contributed by atoms with E-state index in [1.165, 1.54) is 5.56 Å². The molecule has 0 saturated carbocycles. The lowest BCUT2D eigenvalue weighted by Gasteiger charge is -2.18. The molecule has 0 aliphatic carbocycles. The Labute approximate surface area is 100 Å². The molecule has 3 N–H and O–H groups in total. The summed E-state index contributed by atoms with van der Waals surface area (Å²) in [5, 5.41) is 0. The maximum atomic E-state index is 5.55. The van der Waals surface area contributed by atoms with Crippen LogP contribution >= 0.6 is 15.9 Å². The third-order valence-electron chi connectivity index (χ3n) is 2.36. The van der Waals surface area contributed by atoms with Crippen LogP contribution in [0.4, 0.5) is 0 Å². The molecule has 0 bridgehead atoms. The molecule has 0 heterocycles. The molecule has 0 amide bonds. The van der Waals surface area contributed by atoms with Crippen LogP contribution in [-0.4, -0.2) is 6.04 Å². The highest BCUT2D eigenvalue weighted by Crippen LogP contribution is 2.15. The SMILES string of the molecule is CC(C)CC(Cc1cccc(Br)c1)NN. The number of nitrogens with one attached hydrogen (secondary N) is 1. The Hall–Kier alpha value is -0.380. The zero-order chi connectivity index (χ0) is 11.3. The lowest BCUT2D eigenvalue weighted by Crippen LogP contribution is -2.37. The van der Waals surface area contributed by atoms with Crippen LogP contribution in [0.2, 0.25) is 0 Å². The fourth-order valence-electron chi connectivity index (χ4n) is 1.73. The van der Waals surface area contributed by atoms with Gasteiger partial charge in [0.25, 0.3) is 0 Å². The standard InChI is InChI=1S/C12H19BrN2/c1-9(2)6-12(15-14)8-10-4-3-5-11(13)7-10/h3-5,7,9,12,15H,6,8,14H2,1-2H3. The Morgan fingerprint density at radius 3 is 2.67 bits per heavy atom. The van der Waals surface area contributed by atoms with E-state index in [2.05, 4.69) is 53.4 Å². The third-order valence-corrected chi connectivity index (χ3v) is 2.86. The zero-order valence-electron chi connectivity index (χ0n) is 9.33. The van der Waals surface area contributed by atoms with Crippen molar-refractivity contribution in [3.05, 3.63) is 34.3 Å². The third kappa shape index (κ3) is 4.78. The van der Waals surface area contributed by atoms with Crippen molar-refractivity contribution in [2.75, 3.05) is 0 Å². The number of rotatable bonds is 5. The van der Waals surface area contributed by atoms with Crippen LogP contribution in [0.3, 0.4) is 0 Å². The predicted molar refractivity (Wildman–Crippen MR) is 68.4 cm³/mol. The van der Waals surface area contributed by atoms with Crippen molar-refractivity contribution in [3.8, 4) is 0 Å². The average Bonchev–Trinajstić information content (AvgIpc) is 2.16. The summed E-state index contributed by atoms with van der Waals surface area (Å²) in [6, 6.07) is 8.73. The minimum Gasteiger partial charge on any atom is -0.271 e. The second-order valence-electron chi connectivity index (χ2n) is 4.33. The van der Waals surface area contributed by atoms with Gasteiger partial charge in [-0.1, -0.05) is 41.9 Å². The molecule has 0 aliphatic heterocycles. The molecule has 0 radical (unpaired) electrons. The molecular formula is C12H19BrN2. The van der Waals surface area contributed by atoms with Crippen LogP contribution < -0.4 is 11.3 Å². The van der Waals surface area contributed by atoms with E-state index in [-0.39, 0.29) is 0 Å². The number of hydrazine groups is 1.